The number of carbonyl (C=O) groups excluding carboxylic acids is 1. The first-order valence-electron chi connectivity index (χ1n) is 8.69. The van der Waals surface area contributed by atoms with E-state index in [9.17, 15) is 4.79 Å². The number of hydrogen-bond acceptors (Lipinski definition) is 5. The number of rotatable bonds is 3. The molecule has 2 aromatic heterocycles. The van der Waals surface area contributed by atoms with Gasteiger partial charge in [0.05, 0.1) is 36.1 Å². The van der Waals surface area contributed by atoms with Gasteiger partial charge in [0.1, 0.15) is 5.75 Å². The van der Waals surface area contributed by atoms with E-state index in [1.165, 1.54) is 0 Å². The van der Waals surface area contributed by atoms with Crippen molar-refractivity contribution in [1.82, 2.24) is 14.9 Å². The Labute approximate surface area is 150 Å². The summed E-state index contributed by atoms with van der Waals surface area (Å²) in [5, 5.41) is 0.790. The van der Waals surface area contributed by atoms with Gasteiger partial charge in [-0.05, 0) is 18.9 Å². The standard InChI is InChI=1S/C20H18N4O2/c1-26-16-7-8-22-9-14(16)12-3-2-4-13-18(21)17-15(23-19(12)13)10-24(20(17)25)11-5-6-11/h2-4,7-9,11H,5-6,10H2,1H3,(H2,21,23). The topological polar surface area (TPSA) is 81.3 Å². The molecule has 1 fully saturated rings. The second-order valence-electron chi connectivity index (χ2n) is 6.79. The number of benzene rings is 1. The quantitative estimate of drug-likeness (QED) is 0.788. The normalized spacial score (nSPS) is 16.2. The molecule has 2 aliphatic rings. The molecule has 3 heterocycles. The van der Waals surface area contributed by atoms with Crippen LogP contribution in [0, 0.1) is 0 Å². The second kappa shape index (κ2) is 5.42. The van der Waals surface area contributed by atoms with Gasteiger partial charge < -0.3 is 15.4 Å². The van der Waals surface area contributed by atoms with Crippen LogP contribution < -0.4 is 10.5 Å². The number of nitrogen functional groups attached to an aromatic ring is 1. The Kier molecular flexibility index (Phi) is 3.16. The Bertz CT molecular complexity index is 1060. The molecule has 1 aliphatic carbocycles. The summed E-state index contributed by atoms with van der Waals surface area (Å²) in [7, 11) is 1.63. The first kappa shape index (κ1) is 15.1. The molecule has 1 saturated carbocycles. The Morgan fingerprint density at radius 1 is 1.23 bits per heavy atom. The van der Waals surface area contributed by atoms with E-state index in [-0.39, 0.29) is 5.91 Å². The van der Waals surface area contributed by atoms with Crippen molar-refractivity contribution < 1.29 is 9.53 Å². The lowest BCUT2D eigenvalue weighted by atomic mass is 9.99. The van der Waals surface area contributed by atoms with Crippen LogP contribution in [0.3, 0.4) is 0 Å². The zero-order valence-corrected chi connectivity index (χ0v) is 14.4. The third kappa shape index (κ3) is 2.08. The SMILES string of the molecule is COc1ccncc1-c1cccc2c(N)c3c(nc12)CN(C1CC1)C3=O. The monoisotopic (exact) mass is 346 g/mol. The fourth-order valence-electron chi connectivity index (χ4n) is 3.75. The van der Waals surface area contributed by atoms with Crippen molar-refractivity contribution >= 4 is 22.5 Å². The van der Waals surface area contributed by atoms with E-state index in [1.807, 2.05) is 29.2 Å². The molecule has 2 N–H and O–H groups in total. The summed E-state index contributed by atoms with van der Waals surface area (Å²) in [6, 6.07) is 7.99. The summed E-state index contributed by atoms with van der Waals surface area (Å²) >= 11 is 0. The largest absolute Gasteiger partial charge is 0.496 e. The average Bonchev–Trinajstić information content (AvgIpc) is 3.45. The highest BCUT2D eigenvalue weighted by Crippen LogP contribution is 2.41. The summed E-state index contributed by atoms with van der Waals surface area (Å²) < 4.78 is 5.48. The molecule has 0 unspecified atom stereocenters. The van der Waals surface area contributed by atoms with E-state index in [2.05, 4.69) is 4.98 Å². The van der Waals surface area contributed by atoms with Crippen LogP contribution in [0.1, 0.15) is 28.9 Å². The third-order valence-electron chi connectivity index (χ3n) is 5.20. The molecular formula is C20H18N4O2. The zero-order chi connectivity index (χ0) is 17.8. The number of aromatic nitrogens is 2. The summed E-state index contributed by atoms with van der Waals surface area (Å²) in [6.07, 6.45) is 5.59. The van der Waals surface area contributed by atoms with Gasteiger partial charge in [-0.15, -0.1) is 0 Å². The number of pyridine rings is 2. The summed E-state index contributed by atoms with van der Waals surface area (Å²) in [6.45, 7) is 0.539. The van der Waals surface area contributed by atoms with E-state index in [0.717, 1.165) is 46.3 Å². The van der Waals surface area contributed by atoms with Crippen molar-refractivity contribution in [2.75, 3.05) is 12.8 Å². The van der Waals surface area contributed by atoms with E-state index in [0.29, 0.717) is 23.8 Å². The number of ether oxygens (including phenoxy) is 1. The molecule has 26 heavy (non-hydrogen) atoms. The molecule has 0 spiro atoms. The number of fused-ring (bicyclic) bond motifs is 2. The number of anilines is 1. The molecule has 130 valence electrons. The lowest BCUT2D eigenvalue weighted by Crippen LogP contribution is -2.26. The van der Waals surface area contributed by atoms with Gasteiger partial charge in [-0.3, -0.25) is 9.78 Å². The van der Waals surface area contributed by atoms with Crippen molar-refractivity contribution in [3.8, 4) is 16.9 Å². The number of nitrogens with zero attached hydrogens (tertiary/aromatic N) is 3. The van der Waals surface area contributed by atoms with E-state index in [1.54, 1.807) is 19.5 Å². The fourth-order valence-corrected chi connectivity index (χ4v) is 3.75. The third-order valence-corrected chi connectivity index (χ3v) is 5.20. The minimum atomic E-state index is 0.0127. The Balaban J connectivity index is 1.75. The molecule has 1 aromatic carbocycles. The van der Waals surface area contributed by atoms with Gasteiger partial charge >= 0.3 is 0 Å². The zero-order valence-electron chi connectivity index (χ0n) is 14.4. The molecule has 6 nitrogen and oxygen atoms in total. The summed E-state index contributed by atoms with van der Waals surface area (Å²) in [5.74, 6) is 0.739. The molecule has 6 heteroatoms. The van der Waals surface area contributed by atoms with Crippen LogP contribution >= 0.6 is 0 Å². The molecule has 5 rings (SSSR count). The Hall–Kier alpha value is -3.15. The van der Waals surface area contributed by atoms with Crippen LogP contribution in [0.15, 0.2) is 36.7 Å². The van der Waals surface area contributed by atoms with E-state index >= 15 is 0 Å². The second-order valence-corrected chi connectivity index (χ2v) is 6.79. The van der Waals surface area contributed by atoms with Gasteiger partial charge in [0, 0.05) is 34.9 Å². The lowest BCUT2D eigenvalue weighted by molar-refractivity contribution is 0.0767. The van der Waals surface area contributed by atoms with Gasteiger partial charge in [0.15, 0.2) is 0 Å². The van der Waals surface area contributed by atoms with E-state index < -0.39 is 0 Å². The van der Waals surface area contributed by atoms with Gasteiger partial charge in [0.2, 0.25) is 0 Å². The van der Waals surface area contributed by atoms with Crippen LogP contribution in [0.2, 0.25) is 0 Å². The average molecular weight is 346 g/mol. The predicted molar refractivity (Wildman–Crippen MR) is 98.8 cm³/mol. The number of methoxy groups -OCH3 is 1. The fraction of sp³-hybridized carbons (Fsp3) is 0.250. The highest BCUT2D eigenvalue weighted by molar-refractivity contribution is 6.11. The predicted octanol–water partition coefficient (Wildman–Crippen LogP) is 3.01. The smallest absolute Gasteiger partial charge is 0.258 e. The number of carbonyl (C=O) groups is 1. The number of para-hydroxylation sites is 1. The maximum absolute atomic E-state index is 12.8. The molecule has 1 amide bonds. The van der Waals surface area contributed by atoms with Gasteiger partial charge in [0.25, 0.3) is 5.91 Å². The first-order chi connectivity index (χ1) is 12.7. The van der Waals surface area contributed by atoms with Crippen LogP contribution in [-0.4, -0.2) is 33.9 Å². The molecule has 0 radical (unpaired) electrons. The molecule has 1 aliphatic heterocycles. The van der Waals surface area contributed by atoms with Crippen molar-refractivity contribution in [1.29, 1.82) is 0 Å². The van der Waals surface area contributed by atoms with Crippen LogP contribution in [0.25, 0.3) is 22.0 Å². The Morgan fingerprint density at radius 3 is 2.85 bits per heavy atom. The van der Waals surface area contributed by atoms with Gasteiger partial charge in [-0.25, -0.2) is 4.98 Å². The van der Waals surface area contributed by atoms with Gasteiger partial charge in [-0.2, -0.15) is 0 Å². The molecule has 0 atom stereocenters. The first-order valence-corrected chi connectivity index (χ1v) is 8.69. The maximum atomic E-state index is 12.8. The molecular weight excluding hydrogens is 328 g/mol. The number of amides is 1. The Morgan fingerprint density at radius 2 is 2.08 bits per heavy atom. The molecule has 0 bridgehead atoms. The number of nitrogens with two attached hydrogens (primary N) is 1. The molecule has 0 saturated heterocycles. The van der Waals surface area contributed by atoms with Crippen molar-refractivity contribution in [3.05, 3.63) is 47.9 Å². The highest BCUT2D eigenvalue weighted by Gasteiger charge is 2.40. The van der Waals surface area contributed by atoms with Gasteiger partial charge in [-0.1, -0.05) is 18.2 Å². The summed E-state index contributed by atoms with van der Waals surface area (Å²) in [5.41, 5.74) is 10.8. The van der Waals surface area contributed by atoms with Crippen molar-refractivity contribution in [2.24, 2.45) is 0 Å². The van der Waals surface area contributed by atoms with Crippen molar-refractivity contribution in [3.63, 3.8) is 0 Å². The highest BCUT2D eigenvalue weighted by atomic mass is 16.5. The van der Waals surface area contributed by atoms with Crippen LogP contribution in [0.4, 0.5) is 5.69 Å². The number of hydrogen-bond donors (Lipinski definition) is 1. The summed E-state index contributed by atoms with van der Waals surface area (Å²) in [4.78, 5) is 23.8. The molecule has 3 aromatic rings. The van der Waals surface area contributed by atoms with Crippen LogP contribution in [0.5, 0.6) is 5.75 Å². The van der Waals surface area contributed by atoms with Crippen molar-refractivity contribution in [2.45, 2.75) is 25.4 Å². The van der Waals surface area contributed by atoms with Crippen LogP contribution in [-0.2, 0) is 6.54 Å². The minimum Gasteiger partial charge on any atom is -0.496 e. The minimum absolute atomic E-state index is 0.0127. The van der Waals surface area contributed by atoms with E-state index in [4.69, 9.17) is 15.5 Å². The lowest BCUT2D eigenvalue weighted by Gasteiger charge is -2.13. The maximum Gasteiger partial charge on any atom is 0.258 e.